The lowest BCUT2D eigenvalue weighted by molar-refractivity contribution is -0.145. The first-order valence-electron chi connectivity index (χ1n) is 9.73. The number of carbonyl (C=O) groups excluding carboxylic acids is 3. The third-order valence-electron chi connectivity index (χ3n) is 4.71. The Labute approximate surface area is 181 Å². The van der Waals surface area contributed by atoms with Crippen LogP contribution in [0.3, 0.4) is 0 Å². The first-order valence-corrected chi connectivity index (χ1v) is 9.73. The molecule has 2 amide bonds. The smallest absolute Gasteiger partial charge is 0.308 e. The van der Waals surface area contributed by atoms with Crippen molar-refractivity contribution in [3.05, 3.63) is 76.7 Å². The molecular weight excluding hydrogens is 421 g/mol. The zero-order chi connectivity index (χ0) is 22.7. The zero-order valence-corrected chi connectivity index (χ0v) is 17.0. The lowest BCUT2D eigenvalue weighted by atomic mass is 10.1. The number of ether oxygens (including phenoxy) is 2. The monoisotopic (exact) mass is 439 g/mol. The molecule has 4 rings (SSSR count). The van der Waals surface area contributed by atoms with Gasteiger partial charge in [0.15, 0.2) is 13.2 Å². The van der Waals surface area contributed by atoms with E-state index < -0.39 is 17.8 Å². The first-order chi connectivity index (χ1) is 15.4. The fourth-order valence-corrected chi connectivity index (χ4v) is 3.11. The molecule has 0 unspecified atom stereocenters. The number of halogens is 1. The third-order valence-corrected chi connectivity index (χ3v) is 4.71. The van der Waals surface area contributed by atoms with Gasteiger partial charge in [0.05, 0.1) is 17.5 Å². The maximum Gasteiger partial charge on any atom is 0.308 e. The summed E-state index contributed by atoms with van der Waals surface area (Å²) >= 11 is 0. The summed E-state index contributed by atoms with van der Waals surface area (Å²) in [5.41, 5.74) is 1.54. The molecule has 0 saturated carbocycles. The summed E-state index contributed by atoms with van der Waals surface area (Å²) in [6.07, 6.45) is -0.168. The van der Waals surface area contributed by atoms with Crippen LogP contribution in [0.2, 0.25) is 0 Å². The van der Waals surface area contributed by atoms with Crippen LogP contribution in [0.15, 0.2) is 47.0 Å². The van der Waals surface area contributed by atoms with E-state index in [2.05, 4.69) is 10.1 Å². The first kappa shape index (κ1) is 21.2. The van der Waals surface area contributed by atoms with E-state index in [4.69, 9.17) is 14.0 Å². The summed E-state index contributed by atoms with van der Waals surface area (Å²) < 4.78 is 28.4. The van der Waals surface area contributed by atoms with Crippen LogP contribution in [0, 0.1) is 12.7 Å². The average Bonchev–Trinajstić information content (AvgIpc) is 3.33. The molecule has 32 heavy (non-hydrogen) atoms. The van der Waals surface area contributed by atoms with Crippen LogP contribution in [0.1, 0.15) is 44.4 Å². The second-order valence-electron chi connectivity index (χ2n) is 7.07. The summed E-state index contributed by atoms with van der Waals surface area (Å²) in [5, 5.41) is 3.71. The molecule has 2 heterocycles. The van der Waals surface area contributed by atoms with Gasteiger partial charge in [0.25, 0.3) is 17.7 Å². The maximum atomic E-state index is 12.9. The van der Waals surface area contributed by atoms with Crippen molar-refractivity contribution in [2.75, 3.05) is 6.54 Å². The van der Waals surface area contributed by atoms with Gasteiger partial charge in [-0.05, 0) is 43.3 Å². The number of fused-ring (bicyclic) bond motifs is 1. The number of benzene rings is 2. The number of nitrogens with zero attached hydrogens (tertiary/aromatic N) is 3. The number of amides is 2. The van der Waals surface area contributed by atoms with Crippen LogP contribution >= 0.6 is 0 Å². The fourth-order valence-electron chi connectivity index (χ4n) is 3.11. The molecule has 9 nitrogen and oxygen atoms in total. The Morgan fingerprint density at radius 3 is 2.59 bits per heavy atom. The number of aryl methyl sites for hydroxylation is 1. The van der Waals surface area contributed by atoms with Gasteiger partial charge < -0.3 is 14.0 Å². The van der Waals surface area contributed by atoms with E-state index in [1.807, 2.05) is 6.92 Å². The van der Waals surface area contributed by atoms with E-state index in [1.165, 1.54) is 24.3 Å². The Morgan fingerprint density at radius 2 is 1.81 bits per heavy atom. The minimum Gasteiger partial charge on any atom is -0.485 e. The highest BCUT2D eigenvalue weighted by Gasteiger charge is 2.35. The number of hydrogen-bond donors (Lipinski definition) is 0. The number of esters is 1. The van der Waals surface area contributed by atoms with Crippen molar-refractivity contribution in [3.8, 4) is 5.75 Å². The average molecular weight is 439 g/mol. The standard InChI is InChI=1S/C22H18FN3O6/c1-13-2-7-16-17(10-13)22(29)26(21(16)28)9-8-20(27)31-12-19-24-18(25-32-19)11-30-15-5-3-14(23)4-6-15/h2-7,10H,8-9,11-12H2,1H3. The molecule has 0 N–H and O–H groups in total. The van der Waals surface area contributed by atoms with Crippen LogP contribution in [0.5, 0.6) is 5.75 Å². The topological polar surface area (TPSA) is 112 Å². The van der Waals surface area contributed by atoms with Crippen LogP contribution in [-0.4, -0.2) is 39.4 Å². The summed E-state index contributed by atoms with van der Waals surface area (Å²) in [4.78, 5) is 41.9. The summed E-state index contributed by atoms with van der Waals surface area (Å²) in [7, 11) is 0. The van der Waals surface area contributed by atoms with Gasteiger partial charge >= 0.3 is 5.97 Å². The molecule has 2 aromatic carbocycles. The van der Waals surface area contributed by atoms with Crippen LogP contribution in [0.25, 0.3) is 0 Å². The van der Waals surface area contributed by atoms with E-state index >= 15 is 0 Å². The van der Waals surface area contributed by atoms with E-state index in [0.717, 1.165) is 10.5 Å². The van der Waals surface area contributed by atoms with Gasteiger partial charge in [-0.15, -0.1) is 0 Å². The molecule has 3 aromatic rings. The van der Waals surface area contributed by atoms with Crippen molar-refractivity contribution in [1.82, 2.24) is 15.0 Å². The molecule has 1 aliphatic heterocycles. The van der Waals surface area contributed by atoms with Gasteiger partial charge in [-0.3, -0.25) is 19.3 Å². The van der Waals surface area contributed by atoms with Gasteiger partial charge in [-0.2, -0.15) is 4.98 Å². The third kappa shape index (κ3) is 4.64. The van der Waals surface area contributed by atoms with Gasteiger partial charge in [0.2, 0.25) is 5.82 Å². The van der Waals surface area contributed by atoms with Crippen LogP contribution < -0.4 is 4.74 Å². The molecule has 0 saturated heterocycles. The molecule has 10 heteroatoms. The summed E-state index contributed by atoms with van der Waals surface area (Å²) in [6, 6.07) is 10.5. The molecule has 0 spiro atoms. The largest absolute Gasteiger partial charge is 0.485 e. The lowest BCUT2D eigenvalue weighted by Crippen LogP contribution is -2.32. The maximum absolute atomic E-state index is 12.9. The van der Waals surface area contributed by atoms with Crippen molar-refractivity contribution >= 4 is 17.8 Å². The summed E-state index contributed by atoms with van der Waals surface area (Å²) in [5.74, 6) is -1.13. The van der Waals surface area contributed by atoms with Gasteiger partial charge in [-0.1, -0.05) is 16.8 Å². The Kier molecular flexibility index (Phi) is 5.93. The lowest BCUT2D eigenvalue weighted by Gasteiger charge is -2.12. The van der Waals surface area contributed by atoms with Gasteiger partial charge in [0.1, 0.15) is 11.6 Å². The molecule has 0 bridgehead atoms. The molecule has 1 aliphatic rings. The predicted molar refractivity (Wildman–Crippen MR) is 106 cm³/mol. The van der Waals surface area contributed by atoms with Crippen molar-refractivity contribution in [3.63, 3.8) is 0 Å². The van der Waals surface area contributed by atoms with Crippen molar-refractivity contribution in [1.29, 1.82) is 0 Å². The highest BCUT2D eigenvalue weighted by Crippen LogP contribution is 2.24. The van der Waals surface area contributed by atoms with Crippen molar-refractivity contribution in [2.45, 2.75) is 26.6 Å². The molecule has 0 aliphatic carbocycles. The van der Waals surface area contributed by atoms with Crippen molar-refractivity contribution in [2.24, 2.45) is 0 Å². The molecule has 164 valence electrons. The Hall–Kier alpha value is -4.08. The van der Waals surface area contributed by atoms with E-state index in [0.29, 0.717) is 16.9 Å². The highest BCUT2D eigenvalue weighted by atomic mass is 19.1. The molecule has 0 fully saturated rings. The van der Waals surface area contributed by atoms with Gasteiger partial charge in [0, 0.05) is 6.54 Å². The second kappa shape index (κ2) is 8.96. The van der Waals surface area contributed by atoms with Crippen LogP contribution in [0.4, 0.5) is 4.39 Å². The Balaban J connectivity index is 1.23. The normalized spacial score (nSPS) is 12.8. The fraction of sp³-hybridized carbons (Fsp3) is 0.227. The summed E-state index contributed by atoms with van der Waals surface area (Å²) in [6.45, 7) is 1.47. The minimum absolute atomic E-state index is 0.0116. The van der Waals surface area contributed by atoms with Crippen molar-refractivity contribution < 1.29 is 32.8 Å². The number of hydrogen-bond acceptors (Lipinski definition) is 8. The number of imide groups is 1. The molecular formula is C22H18FN3O6. The van der Waals surface area contributed by atoms with Gasteiger partial charge in [-0.25, -0.2) is 4.39 Å². The SMILES string of the molecule is Cc1ccc2c(c1)C(=O)N(CCC(=O)OCc1nc(COc3ccc(F)cc3)no1)C2=O. The van der Waals surface area contributed by atoms with E-state index in [-0.39, 0.29) is 43.7 Å². The molecule has 1 aromatic heterocycles. The minimum atomic E-state index is -0.625. The van der Waals surface area contributed by atoms with Crippen LogP contribution in [-0.2, 0) is 22.7 Å². The van der Waals surface area contributed by atoms with E-state index in [1.54, 1.807) is 18.2 Å². The zero-order valence-electron chi connectivity index (χ0n) is 17.0. The number of carbonyl (C=O) groups is 3. The quantitative estimate of drug-likeness (QED) is 0.389. The highest BCUT2D eigenvalue weighted by molar-refractivity contribution is 6.21. The number of aromatic nitrogens is 2. The second-order valence-corrected chi connectivity index (χ2v) is 7.07. The van der Waals surface area contributed by atoms with E-state index in [9.17, 15) is 18.8 Å². The Bertz CT molecular complexity index is 1170. The molecule has 0 radical (unpaired) electrons. The number of rotatable bonds is 8. The predicted octanol–water partition coefficient (Wildman–Crippen LogP) is 2.83. The molecule has 0 atom stereocenters. The Morgan fingerprint density at radius 1 is 1.06 bits per heavy atom.